The van der Waals surface area contributed by atoms with E-state index in [4.69, 9.17) is 0 Å². The Morgan fingerprint density at radius 2 is 2.12 bits per heavy atom. The molecule has 3 heterocycles. The Labute approximate surface area is 141 Å². The average molecular weight is 351 g/mol. The highest BCUT2D eigenvalue weighted by Gasteiger charge is 2.29. The minimum absolute atomic E-state index is 0.0289. The van der Waals surface area contributed by atoms with Gasteiger partial charge in [-0.1, -0.05) is 0 Å². The van der Waals surface area contributed by atoms with Crippen LogP contribution in [0.5, 0.6) is 0 Å². The zero-order valence-electron chi connectivity index (χ0n) is 14.0. The van der Waals surface area contributed by atoms with Gasteiger partial charge in [-0.25, -0.2) is 22.2 Å². The fraction of sp³-hybridized carbons (Fsp3) is 0.533. The monoisotopic (exact) mass is 351 g/mol. The van der Waals surface area contributed by atoms with Gasteiger partial charge in [-0.15, -0.1) is 0 Å². The average Bonchev–Trinajstić information content (AvgIpc) is 2.97. The number of nitrogens with zero attached hydrogens (tertiary/aromatic N) is 5. The van der Waals surface area contributed by atoms with Crippen LogP contribution in [0.4, 0.5) is 0 Å². The van der Waals surface area contributed by atoms with Crippen molar-refractivity contribution in [2.24, 2.45) is 0 Å². The minimum Gasteiger partial charge on any atom is -0.345 e. The molecular formula is C15H21N5O3S. The molecule has 0 aromatic carbocycles. The van der Waals surface area contributed by atoms with Gasteiger partial charge < -0.3 is 4.90 Å². The SMILES string of the molecule is CN(C)C(=O)c1cnn2c(C3CCCN(S(C)(=O)=O)C3)ccnc12. The van der Waals surface area contributed by atoms with Gasteiger partial charge in [0, 0.05) is 39.3 Å². The molecule has 0 aliphatic carbocycles. The topological polar surface area (TPSA) is 87.9 Å². The van der Waals surface area contributed by atoms with Crippen LogP contribution >= 0.6 is 0 Å². The van der Waals surface area contributed by atoms with Crippen molar-refractivity contribution < 1.29 is 13.2 Å². The predicted octanol–water partition coefficient (Wildman–Crippen LogP) is 0.570. The lowest BCUT2D eigenvalue weighted by atomic mass is 9.96. The number of aromatic nitrogens is 3. The molecule has 130 valence electrons. The van der Waals surface area contributed by atoms with Crippen molar-refractivity contribution >= 4 is 21.6 Å². The summed E-state index contributed by atoms with van der Waals surface area (Å²) in [5.74, 6) is -0.128. The molecule has 1 atom stereocenters. The summed E-state index contributed by atoms with van der Waals surface area (Å²) in [6, 6.07) is 1.85. The Morgan fingerprint density at radius 1 is 1.38 bits per heavy atom. The predicted molar refractivity (Wildman–Crippen MR) is 89.4 cm³/mol. The smallest absolute Gasteiger partial charge is 0.258 e. The molecule has 2 aromatic heterocycles. The van der Waals surface area contributed by atoms with Crippen LogP contribution in [0.15, 0.2) is 18.5 Å². The van der Waals surface area contributed by atoms with Crippen LogP contribution in [0.1, 0.15) is 34.8 Å². The lowest BCUT2D eigenvalue weighted by molar-refractivity contribution is 0.0829. The van der Waals surface area contributed by atoms with E-state index < -0.39 is 10.0 Å². The van der Waals surface area contributed by atoms with E-state index in [9.17, 15) is 13.2 Å². The Kier molecular flexibility index (Phi) is 4.31. The summed E-state index contributed by atoms with van der Waals surface area (Å²) in [7, 11) is 0.150. The summed E-state index contributed by atoms with van der Waals surface area (Å²) in [6.45, 7) is 0.974. The first-order valence-corrected chi connectivity index (χ1v) is 9.63. The first-order valence-electron chi connectivity index (χ1n) is 7.78. The van der Waals surface area contributed by atoms with Crippen molar-refractivity contribution in [1.82, 2.24) is 23.8 Å². The van der Waals surface area contributed by atoms with Crippen molar-refractivity contribution in [2.75, 3.05) is 33.4 Å². The Morgan fingerprint density at radius 3 is 2.79 bits per heavy atom. The highest BCUT2D eigenvalue weighted by atomic mass is 32.2. The number of amides is 1. The van der Waals surface area contributed by atoms with E-state index >= 15 is 0 Å². The van der Waals surface area contributed by atoms with E-state index in [1.807, 2.05) is 6.07 Å². The fourth-order valence-electron chi connectivity index (χ4n) is 3.10. The second kappa shape index (κ2) is 6.14. The molecule has 1 amide bonds. The first kappa shape index (κ1) is 16.8. The summed E-state index contributed by atoms with van der Waals surface area (Å²) in [4.78, 5) is 18.0. The zero-order valence-corrected chi connectivity index (χ0v) is 14.8. The normalized spacial score (nSPS) is 19.5. The molecule has 0 spiro atoms. The van der Waals surface area contributed by atoms with Gasteiger partial charge in [0.25, 0.3) is 5.91 Å². The van der Waals surface area contributed by atoms with Gasteiger partial charge in [-0.05, 0) is 18.9 Å². The molecule has 0 bridgehead atoms. The highest BCUT2D eigenvalue weighted by molar-refractivity contribution is 7.88. The quantitative estimate of drug-likeness (QED) is 0.807. The van der Waals surface area contributed by atoms with Gasteiger partial charge in [0.2, 0.25) is 10.0 Å². The maximum Gasteiger partial charge on any atom is 0.258 e. The number of sulfonamides is 1. The van der Waals surface area contributed by atoms with Crippen molar-refractivity contribution in [3.63, 3.8) is 0 Å². The summed E-state index contributed by atoms with van der Waals surface area (Å²) in [5.41, 5.74) is 1.83. The van der Waals surface area contributed by atoms with E-state index in [-0.39, 0.29) is 11.8 Å². The van der Waals surface area contributed by atoms with E-state index in [0.717, 1.165) is 18.5 Å². The van der Waals surface area contributed by atoms with Crippen LogP contribution < -0.4 is 0 Å². The Hall–Kier alpha value is -2.00. The van der Waals surface area contributed by atoms with Crippen LogP contribution in [-0.2, 0) is 10.0 Å². The molecule has 1 fully saturated rings. The third-order valence-electron chi connectivity index (χ3n) is 4.34. The van der Waals surface area contributed by atoms with E-state index in [1.165, 1.54) is 21.7 Å². The first-order chi connectivity index (χ1) is 11.3. The second-order valence-corrected chi connectivity index (χ2v) is 8.31. The molecule has 1 unspecified atom stereocenters. The van der Waals surface area contributed by atoms with E-state index in [0.29, 0.717) is 24.3 Å². The molecule has 2 aromatic rings. The number of carbonyl (C=O) groups excluding carboxylic acids is 1. The summed E-state index contributed by atoms with van der Waals surface area (Å²) in [5, 5.41) is 4.32. The molecule has 1 saturated heterocycles. The molecule has 8 nitrogen and oxygen atoms in total. The molecule has 24 heavy (non-hydrogen) atoms. The van der Waals surface area contributed by atoms with Gasteiger partial charge in [-0.3, -0.25) is 4.79 Å². The summed E-state index contributed by atoms with van der Waals surface area (Å²) >= 11 is 0. The maximum absolute atomic E-state index is 12.2. The van der Waals surface area contributed by atoms with Gasteiger partial charge in [-0.2, -0.15) is 5.10 Å². The van der Waals surface area contributed by atoms with E-state index in [2.05, 4.69) is 10.1 Å². The van der Waals surface area contributed by atoms with Crippen LogP contribution in [0, 0.1) is 0 Å². The van der Waals surface area contributed by atoms with Crippen LogP contribution in [0.25, 0.3) is 5.65 Å². The number of carbonyl (C=O) groups is 1. The van der Waals surface area contributed by atoms with Gasteiger partial charge in [0.05, 0.1) is 18.1 Å². The lowest BCUT2D eigenvalue weighted by Crippen LogP contribution is -2.38. The van der Waals surface area contributed by atoms with Crippen molar-refractivity contribution in [2.45, 2.75) is 18.8 Å². The van der Waals surface area contributed by atoms with Gasteiger partial charge >= 0.3 is 0 Å². The summed E-state index contributed by atoms with van der Waals surface area (Å²) < 4.78 is 26.8. The van der Waals surface area contributed by atoms with Gasteiger partial charge in [0.15, 0.2) is 5.65 Å². The molecule has 1 aliphatic rings. The molecule has 0 radical (unpaired) electrons. The van der Waals surface area contributed by atoms with Crippen molar-refractivity contribution in [3.8, 4) is 0 Å². The third kappa shape index (κ3) is 3.01. The molecular weight excluding hydrogens is 330 g/mol. The largest absolute Gasteiger partial charge is 0.345 e. The molecule has 1 aliphatic heterocycles. The fourth-order valence-corrected chi connectivity index (χ4v) is 4.01. The molecule has 9 heteroatoms. The van der Waals surface area contributed by atoms with Gasteiger partial charge in [0.1, 0.15) is 5.56 Å². The maximum atomic E-state index is 12.2. The van der Waals surface area contributed by atoms with Crippen LogP contribution in [-0.4, -0.2) is 71.6 Å². The van der Waals surface area contributed by atoms with Crippen molar-refractivity contribution in [3.05, 3.63) is 29.7 Å². The number of fused-ring (bicyclic) bond motifs is 1. The van der Waals surface area contributed by atoms with Crippen molar-refractivity contribution in [1.29, 1.82) is 0 Å². The van der Waals surface area contributed by atoms with E-state index in [1.54, 1.807) is 24.8 Å². The molecule has 0 saturated carbocycles. The number of piperidine rings is 1. The van der Waals surface area contributed by atoms with Crippen LogP contribution in [0.2, 0.25) is 0 Å². The molecule has 0 N–H and O–H groups in total. The zero-order chi connectivity index (χ0) is 17.5. The number of hydrogen-bond donors (Lipinski definition) is 0. The third-order valence-corrected chi connectivity index (χ3v) is 5.61. The number of rotatable bonds is 3. The van der Waals surface area contributed by atoms with Crippen LogP contribution in [0.3, 0.4) is 0 Å². The Bertz CT molecular complexity index is 874. The second-order valence-electron chi connectivity index (χ2n) is 6.32. The summed E-state index contributed by atoms with van der Waals surface area (Å²) in [6.07, 6.45) is 6.08. The number of hydrogen-bond acceptors (Lipinski definition) is 5. The molecule has 3 rings (SSSR count). The Balaban J connectivity index is 2.00. The lowest BCUT2D eigenvalue weighted by Gasteiger charge is -2.31. The standard InChI is InChI=1S/C15H21N5O3S/c1-18(2)15(21)12-9-17-20-13(6-7-16-14(12)20)11-5-4-8-19(10-11)24(3,22)23/h6-7,9,11H,4-5,8,10H2,1-3H3. The minimum atomic E-state index is -3.21. The highest BCUT2D eigenvalue weighted by Crippen LogP contribution is 2.28.